The van der Waals surface area contributed by atoms with Crippen LogP contribution in [0.3, 0.4) is 0 Å². The maximum Gasteiger partial charge on any atom is 0.161 e. The normalized spacial score (nSPS) is 23.8. The number of aliphatic hydroxyl groups is 2. The van der Waals surface area contributed by atoms with Crippen LogP contribution in [0.5, 0.6) is 11.5 Å². The molecule has 1 saturated heterocycles. The highest BCUT2D eigenvalue weighted by atomic mass is 35.5. The Morgan fingerprint density at radius 2 is 1.88 bits per heavy atom. The summed E-state index contributed by atoms with van der Waals surface area (Å²) in [6.07, 6.45) is 5.91. The van der Waals surface area contributed by atoms with Crippen LogP contribution in [0.2, 0.25) is 0 Å². The lowest BCUT2D eigenvalue weighted by atomic mass is 9.91. The fourth-order valence-electron chi connectivity index (χ4n) is 4.69. The lowest BCUT2D eigenvalue weighted by Gasteiger charge is -2.37. The predicted molar refractivity (Wildman–Crippen MR) is 140 cm³/mol. The van der Waals surface area contributed by atoms with E-state index >= 15 is 0 Å². The quantitative estimate of drug-likeness (QED) is 0.388. The summed E-state index contributed by atoms with van der Waals surface area (Å²) in [4.78, 5) is 2.43. The number of aliphatic hydroxyl groups excluding tert-OH is 2. The van der Waals surface area contributed by atoms with Crippen molar-refractivity contribution in [3.05, 3.63) is 23.8 Å². The molecule has 2 aliphatic rings. The average Bonchev–Trinajstić information content (AvgIpc) is 3.23. The molecular weight excluding hydrogens is 479 g/mol. The first-order chi connectivity index (χ1) is 15.5. The number of hydrogen-bond acceptors (Lipinski definition) is 7. The highest BCUT2D eigenvalue weighted by Gasteiger charge is 2.34. The second-order valence-electron chi connectivity index (χ2n) is 9.46. The van der Waals surface area contributed by atoms with Gasteiger partial charge in [0.05, 0.1) is 25.9 Å². The molecule has 0 aromatic heterocycles. The average molecular weight is 524 g/mol. The van der Waals surface area contributed by atoms with Crippen molar-refractivity contribution in [1.29, 1.82) is 0 Å². The molecule has 1 heterocycles. The minimum atomic E-state index is -0.574. The number of benzene rings is 1. The van der Waals surface area contributed by atoms with Crippen molar-refractivity contribution in [2.24, 2.45) is 0 Å². The summed E-state index contributed by atoms with van der Waals surface area (Å²) in [7, 11) is 1.64. The maximum absolute atomic E-state index is 10.1. The van der Waals surface area contributed by atoms with Crippen LogP contribution < -0.4 is 14.8 Å². The van der Waals surface area contributed by atoms with Gasteiger partial charge >= 0.3 is 0 Å². The summed E-state index contributed by atoms with van der Waals surface area (Å²) in [5.41, 5.74) is 1.14. The van der Waals surface area contributed by atoms with Gasteiger partial charge in [-0.05, 0) is 43.4 Å². The maximum atomic E-state index is 10.1. The molecular formula is C25H44Cl2N2O5. The summed E-state index contributed by atoms with van der Waals surface area (Å²) in [6, 6.07) is 6.70. The molecule has 198 valence electrons. The van der Waals surface area contributed by atoms with E-state index in [0.29, 0.717) is 36.7 Å². The number of ether oxygens (including phenoxy) is 3. The first-order valence-corrected chi connectivity index (χ1v) is 12.2. The molecule has 7 nitrogen and oxygen atoms in total. The summed E-state index contributed by atoms with van der Waals surface area (Å²) in [5.74, 6) is 1.31. The highest BCUT2D eigenvalue weighted by Crippen LogP contribution is 2.30. The van der Waals surface area contributed by atoms with Gasteiger partial charge in [0, 0.05) is 31.7 Å². The molecule has 1 unspecified atom stereocenters. The number of β-amino-alcohol motifs (C(OH)–C–C–N with tert-alkyl or cyclic N) is 1. The van der Waals surface area contributed by atoms with Crippen molar-refractivity contribution in [3.63, 3.8) is 0 Å². The third-order valence-corrected chi connectivity index (χ3v) is 6.48. The molecule has 3 N–H and O–H groups in total. The van der Waals surface area contributed by atoms with Crippen molar-refractivity contribution < 1.29 is 24.4 Å². The van der Waals surface area contributed by atoms with E-state index in [0.717, 1.165) is 44.3 Å². The molecule has 1 aliphatic carbocycles. The van der Waals surface area contributed by atoms with Crippen molar-refractivity contribution in [2.45, 2.75) is 82.8 Å². The van der Waals surface area contributed by atoms with Crippen LogP contribution in [0.1, 0.15) is 51.5 Å². The number of hydrogen-bond donors (Lipinski definition) is 3. The van der Waals surface area contributed by atoms with E-state index in [-0.39, 0.29) is 43.6 Å². The van der Waals surface area contributed by atoms with Crippen LogP contribution in [0, 0.1) is 0 Å². The van der Waals surface area contributed by atoms with E-state index in [1.807, 2.05) is 32.0 Å². The number of likely N-dealkylation sites (tertiary alicyclic amines) is 1. The minimum absolute atomic E-state index is 0. The van der Waals surface area contributed by atoms with Crippen molar-refractivity contribution in [1.82, 2.24) is 10.2 Å². The van der Waals surface area contributed by atoms with Crippen LogP contribution >= 0.6 is 24.8 Å². The fourth-order valence-corrected chi connectivity index (χ4v) is 4.69. The Balaban J connectivity index is 0.00000289. The van der Waals surface area contributed by atoms with Gasteiger partial charge in [0.25, 0.3) is 0 Å². The van der Waals surface area contributed by atoms with Gasteiger partial charge in [-0.3, -0.25) is 4.90 Å². The Kier molecular flexibility index (Phi) is 14.7. The summed E-state index contributed by atoms with van der Waals surface area (Å²) in [6.45, 7) is 7.23. The van der Waals surface area contributed by atoms with Gasteiger partial charge in [0.15, 0.2) is 11.5 Å². The van der Waals surface area contributed by atoms with Crippen LogP contribution in [0.25, 0.3) is 0 Å². The number of methoxy groups -OCH3 is 1. The summed E-state index contributed by atoms with van der Waals surface area (Å²) >= 11 is 0. The molecule has 1 saturated carbocycles. The molecule has 0 spiro atoms. The van der Waals surface area contributed by atoms with E-state index < -0.39 is 6.10 Å². The van der Waals surface area contributed by atoms with E-state index in [9.17, 15) is 10.2 Å². The van der Waals surface area contributed by atoms with Crippen LogP contribution in [-0.4, -0.2) is 85.5 Å². The first-order valence-electron chi connectivity index (χ1n) is 12.2. The Hall–Kier alpha value is -0.800. The molecule has 1 aromatic carbocycles. The second-order valence-corrected chi connectivity index (χ2v) is 9.46. The zero-order valence-electron chi connectivity index (χ0n) is 20.8. The summed E-state index contributed by atoms with van der Waals surface area (Å²) in [5, 5.41) is 23.2. The van der Waals surface area contributed by atoms with E-state index in [4.69, 9.17) is 14.2 Å². The third-order valence-electron chi connectivity index (χ3n) is 6.48. The topological polar surface area (TPSA) is 83.4 Å². The molecule has 0 amide bonds. The zero-order chi connectivity index (χ0) is 22.9. The second kappa shape index (κ2) is 16.0. The van der Waals surface area contributed by atoms with Gasteiger partial charge in [0.1, 0.15) is 12.7 Å². The molecule has 3 rings (SSSR count). The molecule has 9 heteroatoms. The van der Waals surface area contributed by atoms with Crippen molar-refractivity contribution in [3.8, 4) is 11.5 Å². The predicted octanol–water partition coefficient (Wildman–Crippen LogP) is 3.21. The number of rotatable bonds is 12. The van der Waals surface area contributed by atoms with E-state index in [1.165, 1.54) is 12.8 Å². The van der Waals surface area contributed by atoms with Crippen LogP contribution in [-0.2, 0) is 11.2 Å². The Bertz CT molecular complexity index is 697. The fraction of sp³-hybridized carbons (Fsp3) is 0.760. The third kappa shape index (κ3) is 9.69. The molecule has 4 atom stereocenters. The Morgan fingerprint density at radius 1 is 1.12 bits per heavy atom. The number of nitrogens with one attached hydrogen (secondary N) is 1. The molecule has 0 radical (unpaired) electrons. The van der Waals surface area contributed by atoms with Crippen LogP contribution in [0.4, 0.5) is 0 Å². The van der Waals surface area contributed by atoms with Crippen molar-refractivity contribution in [2.75, 3.05) is 40.0 Å². The van der Waals surface area contributed by atoms with Gasteiger partial charge in [-0.2, -0.15) is 0 Å². The number of halogens is 2. The minimum Gasteiger partial charge on any atom is -0.493 e. The lowest BCUT2D eigenvalue weighted by Crippen LogP contribution is -2.46. The largest absolute Gasteiger partial charge is 0.493 e. The van der Waals surface area contributed by atoms with E-state index in [2.05, 4.69) is 10.2 Å². The van der Waals surface area contributed by atoms with E-state index in [1.54, 1.807) is 7.11 Å². The van der Waals surface area contributed by atoms with Crippen molar-refractivity contribution >= 4 is 24.8 Å². The Labute approximate surface area is 217 Å². The summed E-state index contributed by atoms with van der Waals surface area (Å²) < 4.78 is 17.6. The Morgan fingerprint density at radius 3 is 2.56 bits per heavy atom. The monoisotopic (exact) mass is 522 g/mol. The van der Waals surface area contributed by atoms with Gasteiger partial charge < -0.3 is 29.7 Å². The molecule has 34 heavy (non-hydrogen) atoms. The standard InChI is InChI=1S/C25H42N2O5.2ClH/c1-18(2)26-15-21(29)17-32-24-9-8-19(14-25(24)30-3)11-13-31-23-7-5-4-6-22(23)27-12-10-20(28)16-27;;/h8-9,14,18,20-23,26,28-29H,4-7,10-13,15-17H2,1-3H3;2*1H/t20?,21-,22+,23-;;/m1../s1. The molecule has 2 fully saturated rings. The van der Waals surface area contributed by atoms with Crippen LogP contribution in [0.15, 0.2) is 18.2 Å². The van der Waals surface area contributed by atoms with Gasteiger partial charge in [-0.15, -0.1) is 24.8 Å². The lowest BCUT2D eigenvalue weighted by molar-refractivity contribution is -0.0316. The van der Waals surface area contributed by atoms with Gasteiger partial charge in [0.2, 0.25) is 0 Å². The van der Waals surface area contributed by atoms with Gasteiger partial charge in [-0.1, -0.05) is 32.8 Å². The highest BCUT2D eigenvalue weighted by molar-refractivity contribution is 5.85. The SMILES string of the molecule is COc1cc(CCO[C@@H]2CCCC[C@@H]2N2CCC(O)C2)ccc1OC[C@H](O)CNC(C)C.Cl.Cl. The zero-order valence-corrected chi connectivity index (χ0v) is 22.4. The smallest absolute Gasteiger partial charge is 0.161 e. The number of nitrogens with zero attached hydrogens (tertiary/aromatic N) is 1. The van der Waals surface area contributed by atoms with Gasteiger partial charge in [-0.25, -0.2) is 0 Å². The molecule has 0 bridgehead atoms. The molecule has 1 aliphatic heterocycles. The first kappa shape index (κ1) is 31.2. The molecule has 1 aromatic rings.